The summed E-state index contributed by atoms with van der Waals surface area (Å²) < 4.78 is 61.7. The molecule has 1 aromatic rings. The first kappa shape index (κ1) is 25.0. The van der Waals surface area contributed by atoms with E-state index < -0.39 is 39.7 Å². The predicted octanol–water partition coefficient (Wildman–Crippen LogP) is 4.04. The zero-order valence-corrected chi connectivity index (χ0v) is 20.2. The van der Waals surface area contributed by atoms with Crippen LogP contribution in [-0.2, 0) is 19.6 Å². The topological polar surface area (TPSA) is 63.7 Å². The molecule has 1 aromatic carbocycles. The number of sulfonamides is 1. The average molecular weight is 553 g/mol. The molecule has 0 bridgehead atoms. The molecule has 2 rings (SSSR count). The number of ether oxygens (including phenoxy) is 1. The zero-order chi connectivity index (χ0) is 22.6. The molecule has 0 unspecified atom stereocenters. The number of aryl methyl sites for hydroxylation is 1. The van der Waals surface area contributed by atoms with Gasteiger partial charge in [0.1, 0.15) is 0 Å². The molecule has 1 aliphatic rings. The van der Waals surface area contributed by atoms with Crippen molar-refractivity contribution in [2.75, 3.05) is 24.1 Å². The van der Waals surface area contributed by atoms with E-state index in [-0.39, 0.29) is 24.6 Å². The van der Waals surface area contributed by atoms with E-state index in [1.54, 1.807) is 19.1 Å². The van der Waals surface area contributed by atoms with Gasteiger partial charge in [0, 0.05) is 35.8 Å². The summed E-state index contributed by atoms with van der Waals surface area (Å²) in [4.78, 5) is 11.8. The lowest BCUT2D eigenvalue weighted by Gasteiger charge is -2.27. The molecule has 9 heteroatoms. The molecule has 1 fully saturated rings. The summed E-state index contributed by atoms with van der Waals surface area (Å²) in [7, 11) is -3.87. The van der Waals surface area contributed by atoms with Gasteiger partial charge in [0.2, 0.25) is 10.0 Å². The molecular weight excluding hydrogens is 527 g/mol. The van der Waals surface area contributed by atoms with Crippen LogP contribution in [0.4, 0.5) is 8.78 Å². The lowest BCUT2D eigenvalue weighted by Crippen LogP contribution is -2.37. The normalized spacial score (nSPS) is 22.4. The van der Waals surface area contributed by atoms with Crippen LogP contribution in [0.1, 0.15) is 32.3 Å². The van der Waals surface area contributed by atoms with E-state index in [1.807, 2.05) is 6.92 Å². The van der Waals surface area contributed by atoms with Crippen LogP contribution in [0, 0.1) is 30.1 Å². The van der Waals surface area contributed by atoms with Gasteiger partial charge < -0.3 is 4.74 Å². The number of carbonyl (C=O) groups excluding carboxylic acids is 1. The van der Waals surface area contributed by atoms with Crippen LogP contribution < -0.4 is 0 Å². The first-order chi connectivity index (χ1) is 14.0. The molecule has 166 valence electrons. The summed E-state index contributed by atoms with van der Waals surface area (Å²) in [5, 5.41) is 0. The van der Waals surface area contributed by atoms with Crippen molar-refractivity contribution >= 4 is 38.6 Å². The minimum atomic E-state index is -3.87. The maximum atomic E-state index is 14.5. The maximum Gasteiger partial charge on any atom is 0.376 e. The second-order valence-electron chi connectivity index (χ2n) is 7.59. The zero-order valence-electron chi connectivity index (χ0n) is 17.3. The lowest BCUT2D eigenvalue weighted by atomic mass is 9.77. The first-order valence-corrected chi connectivity index (χ1v) is 12.6. The van der Waals surface area contributed by atoms with Gasteiger partial charge in [-0.3, -0.25) is 0 Å². The van der Waals surface area contributed by atoms with E-state index in [0.717, 1.165) is 9.99 Å². The number of esters is 1. The van der Waals surface area contributed by atoms with Gasteiger partial charge in [0.05, 0.1) is 11.5 Å². The highest BCUT2D eigenvalue weighted by molar-refractivity contribution is 14.1. The fourth-order valence-corrected chi connectivity index (χ4v) is 5.28. The minimum absolute atomic E-state index is 0.0129. The Balaban J connectivity index is 2.36. The Morgan fingerprint density at radius 2 is 2.00 bits per heavy atom. The summed E-state index contributed by atoms with van der Waals surface area (Å²) in [5.74, 6) is -0.137. The van der Waals surface area contributed by atoms with Crippen LogP contribution in [-0.4, -0.2) is 48.7 Å². The predicted molar refractivity (Wildman–Crippen MR) is 119 cm³/mol. The van der Waals surface area contributed by atoms with Gasteiger partial charge in [-0.05, 0) is 38.8 Å². The van der Waals surface area contributed by atoms with Crippen molar-refractivity contribution < 1.29 is 26.7 Å². The Morgan fingerprint density at radius 1 is 1.37 bits per heavy atom. The van der Waals surface area contributed by atoms with E-state index in [4.69, 9.17) is 0 Å². The Bertz CT molecular complexity index is 925. The number of rotatable bonds is 7. The van der Waals surface area contributed by atoms with E-state index in [2.05, 4.69) is 39.2 Å². The molecule has 30 heavy (non-hydrogen) atoms. The molecular formula is C21H26F2INO4S. The average Bonchev–Trinajstić information content (AvgIpc) is 2.99. The molecule has 1 aliphatic heterocycles. The molecule has 0 spiro atoms. The van der Waals surface area contributed by atoms with Crippen LogP contribution in [0.2, 0.25) is 0 Å². The second-order valence-corrected chi connectivity index (χ2v) is 10.6. The van der Waals surface area contributed by atoms with Gasteiger partial charge >= 0.3 is 11.9 Å². The van der Waals surface area contributed by atoms with Crippen molar-refractivity contribution in [3.8, 4) is 11.8 Å². The Kier molecular flexibility index (Phi) is 8.27. The molecule has 0 amide bonds. The molecule has 1 saturated heterocycles. The largest absolute Gasteiger partial charge is 0.462 e. The van der Waals surface area contributed by atoms with Crippen LogP contribution in [0.25, 0.3) is 0 Å². The fraction of sp³-hybridized carbons (Fsp3) is 0.571. The summed E-state index contributed by atoms with van der Waals surface area (Å²) in [6, 6.07) is 6.39. The number of benzene rings is 1. The van der Waals surface area contributed by atoms with Crippen molar-refractivity contribution in [3.63, 3.8) is 0 Å². The minimum Gasteiger partial charge on any atom is -0.462 e. The first-order valence-electron chi connectivity index (χ1n) is 9.64. The molecule has 0 N–H and O–H groups in total. The van der Waals surface area contributed by atoms with Gasteiger partial charge in [-0.25, -0.2) is 13.2 Å². The Labute approximate surface area is 190 Å². The van der Waals surface area contributed by atoms with Gasteiger partial charge in [-0.15, -0.1) is 5.92 Å². The van der Waals surface area contributed by atoms with E-state index in [1.165, 1.54) is 23.4 Å². The van der Waals surface area contributed by atoms with E-state index in [0.29, 0.717) is 6.42 Å². The Hall–Kier alpha value is -1.25. The number of carbonyl (C=O) groups is 1. The third kappa shape index (κ3) is 5.71. The maximum absolute atomic E-state index is 14.5. The van der Waals surface area contributed by atoms with Crippen molar-refractivity contribution in [2.45, 2.75) is 44.4 Å². The number of hydrogen-bond donors (Lipinski definition) is 0. The molecule has 0 aliphatic carbocycles. The highest BCUT2D eigenvalue weighted by Gasteiger charge is 2.53. The van der Waals surface area contributed by atoms with E-state index >= 15 is 0 Å². The highest BCUT2D eigenvalue weighted by Crippen LogP contribution is 2.43. The SMILES string of the molecule is CCOC(=O)C(F)(F)C[C@@H]1CN(S(=O)(=O)c2ccc(C)cc2)C[C@]1(C)C#CCCI. The van der Waals surface area contributed by atoms with E-state index in [9.17, 15) is 22.0 Å². The monoisotopic (exact) mass is 553 g/mol. The molecule has 0 saturated carbocycles. The third-order valence-corrected chi connectivity index (χ3v) is 7.52. The standard InChI is InChI=1S/C21H26F2INO4S/c1-4-29-19(26)21(22,23)13-17-14-25(15-20(17,3)11-5-6-12-24)30(27,28)18-9-7-16(2)8-10-18/h7-10,17H,4,6,12-15H2,1-3H3/t17-,20+/m1/s1. The molecule has 0 aromatic heterocycles. The second kappa shape index (κ2) is 9.92. The highest BCUT2D eigenvalue weighted by atomic mass is 127. The smallest absolute Gasteiger partial charge is 0.376 e. The molecule has 2 atom stereocenters. The molecule has 0 radical (unpaired) electrons. The summed E-state index contributed by atoms with van der Waals surface area (Å²) in [6.45, 7) is 4.68. The number of halogens is 3. The molecule has 5 nitrogen and oxygen atoms in total. The van der Waals surface area contributed by atoms with Gasteiger partial charge in [0.15, 0.2) is 0 Å². The molecule has 1 heterocycles. The summed E-state index contributed by atoms with van der Waals surface area (Å²) in [5.41, 5.74) is -0.0868. The third-order valence-electron chi connectivity index (χ3n) is 5.16. The number of nitrogens with zero attached hydrogens (tertiary/aromatic N) is 1. The van der Waals surface area contributed by atoms with Gasteiger partial charge in [-0.1, -0.05) is 46.2 Å². The quantitative estimate of drug-likeness (QED) is 0.222. The Morgan fingerprint density at radius 3 is 2.57 bits per heavy atom. The van der Waals surface area contributed by atoms with Gasteiger partial charge in [-0.2, -0.15) is 13.1 Å². The fourth-order valence-electron chi connectivity index (χ4n) is 3.42. The summed E-state index contributed by atoms with van der Waals surface area (Å²) >= 11 is 2.16. The lowest BCUT2D eigenvalue weighted by molar-refractivity contribution is -0.174. The van der Waals surface area contributed by atoms with Crippen LogP contribution in [0.3, 0.4) is 0 Å². The summed E-state index contributed by atoms with van der Waals surface area (Å²) in [6.07, 6.45) is -0.247. The van der Waals surface area contributed by atoms with Crippen molar-refractivity contribution in [2.24, 2.45) is 11.3 Å². The van der Waals surface area contributed by atoms with Gasteiger partial charge in [0.25, 0.3) is 0 Å². The van der Waals surface area contributed by atoms with Crippen LogP contribution in [0.15, 0.2) is 29.2 Å². The van der Waals surface area contributed by atoms with Crippen LogP contribution in [0.5, 0.6) is 0 Å². The number of alkyl halides is 3. The van der Waals surface area contributed by atoms with Crippen molar-refractivity contribution in [1.82, 2.24) is 4.31 Å². The van der Waals surface area contributed by atoms with Crippen molar-refractivity contribution in [3.05, 3.63) is 29.8 Å². The number of hydrogen-bond acceptors (Lipinski definition) is 4. The van der Waals surface area contributed by atoms with Crippen LogP contribution >= 0.6 is 22.6 Å². The van der Waals surface area contributed by atoms with Crippen molar-refractivity contribution in [1.29, 1.82) is 0 Å².